The third-order valence-corrected chi connectivity index (χ3v) is 5.88. The summed E-state index contributed by atoms with van der Waals surface area (Å²) in [7, 11) is 0. The van der Waals surface area contributed by atoms with E-state index in [9.17, 15) is 8.78 Å². The highest BCUT2D eigenvalue weighted by Gasteiger charge is 2.28. The molecule has 0 spiro atoms. The lowest BCUT2D eigenvalue weighted by Gasteiger charge is -2.35. The molecule has 1 aromatic rings. The Labute approximate surface area is 144 Å². The molecule has 0 saturated heterocycles. The number of rotatable bonds is 4. The van der Waals surface area contributed by atoms with E-state index in [0.29, 0.717) is 5.56 Å². The molecule has 0 N–H and O–H groups in total. The molecule has 1 aromatic carbocycles. The van der Waals surface area contributed by atoms with Crippen molar-refractivity contribution in [2.24, 2.45) is 17.8 Å². The molecular weight excluding hydrogens is 302 g/mol. The van der Waals surface area contributed by atoms with Gasteiger partial charge in [0, 0.05) is 5.56 Å². The third-order valence-electron chi connectivity index (χ3n) is 5.88. The SMILES string of the molecule is CC/C=C/C1CCC(C2CC=C(c3cccc(F)c3F)CC2)CC1. The molecule has 3 rings (SSSR count). The van der Waals surface area contributed by atoms with Gasteiger partial charge in [-0.3, -0.25) is 0 Å². The Morgan fingerprint density at radius 1 is 1.04 bits per heavy atom. The predicted octanol–water partition coefficient (Wildman–Crippen LogP) is 6.92. The van der Waals surface area contributed by atoms with E-state index in [4.69, 9.17) is 0 Å². The van der Waals surface area contributed by atoms with Crippen LogP contribution < -0.4 is 0 Å². The standard InChI is InChI=1S/C22H28F2/c1-2-3-5-16-8-10-17(11-9-16)18-12-14-19(15-13-18)20-6-4-7-21(23)22(20)24/h3-7,14,16-18H,2,8-13,15H2,1H3/b5-3+. The van der Waals surface area contributed by atoms with Crippen LogP contribution in [0.2, 0.25) is 0 Å². The summed E-state index contributed by atoms with van der Waals surface area (Å²) in [5.41, 5.74) is 1.45. The molecule has 0 radical (unpaired) electrons. The molecule has 24 heavy (non-hydrogen) atoms. The van der Waals surface area contributed by atoms with Gasteiger partial charge in [-0.1, -0.05) is 37.3 Å². The van der Waals surface area contributed by atoms with E-state index in [0.717, 1.165) is 49.0 Å². The molecule has 2 heteroatoms. The fraction of sp³-hybridized carbons (Fsp3) is 0.545. The molecule has 0 nitrogen and oxygen atoms in total. The smallest absolute Gasteiger partial charge is 0.166 e. The lowest BCUT2D eigenvalue weighted by Crippen LogP contribution is -2.22. The van der Waals surface area contributed by atoms with Gasteiger partial charge in [0.25, 0.3) is 0 Å². The largest absolute Gasteiger partial charge is 0.204 e. The van der Waals surface area contributed by atoms with Crippen molar-refractivity contribution in [2.75, 3.05) is 0 Å². The van der Waals surface area contributed by atoms with Gasteiger partial charge in [0.1, 0.15) is 0 Å². The molecule has 2 aliphatic rings. The molecule has 0 bridgehead atoms. The summed E-state index contributed by atoms with van der Waals surface area (Å²) in [6.45, 7) is 2.19. The number of hydrogen-bond donors (Lipinski definition) is 0. The second-order valence-electron chi connectivity index (χ2n) is 7.38. The summed E-state index contributed by atoms with van der Waals surface area (Å²) < 4.78 is 27.4. The van der Waals surface area contributed by atoms with Crippen molar-refractivity contribution in [2.45, 2.75) is 58.3 Å². The van der Waals surface area contributed by atoms with Gasteiger partial charge < -0.3 is 0 Å². The molecule has 0 amide bonds. The summed E-state index contributed by atoms with van der Waals surface area (Å²) >= 11 is 0. The van der Waals surface area contributed by atoms with Gasteiger partial charge in [-0.25, -0.2) is 8.78 Å². The van der Waals surface area contributed by atoms with Crippen LogP contribution >= 0.6 is 0 Å². The molecule has 0 aliphatic heterocycles. The second kappa shape index (κ2) is 8.09. The zero-order valence-corrected chi connectivity index (χ0v) is 14.6. The van der Waals surface area contributed by atoms with Gasteiger partial charge in [0.05, 0.1) is 0 Å². The number of hydrogen-bond acceptors (Lipinski definition) is 0. The van der Waals surface area contributed by atoms with Crippen molar-refractivity contribution in [3.05, 3.63) is 53.6 Å². The minimum absolute atomic E-state index is 0.460. The van der Waals surface area contributed by atoms with E-state index in [-0.39, 0.29) is 0 Å². The topological polar surface area (TPSA) is 0 Å². The zero-order valence-electron chi connectivity index (χ0n) is 14.6. The molecule has 2 aliphatic carbocycles. The van der Waals surface area contributed by atoms with Crippen LogP contribution in [0.1, 0.15) is 63.9 Å². The van der Waals surface area contributed by atoms with Crippen LogP contribution in [0.5, 0.6) is 0 Å². The molecule has 130 valence electrons. The molecule has 1 saturated carbocycles. The predicted molar refractivity (Wildman–Crippen MR) is 96.6 cm³/mol. The fourth-order valence-corrected chi connectivity index (χ4v) is 4.42. The minimum Gasteiger partial charge on any atom is -0.204 e. The van der Waals surface area contributed by atoms with Crippen LogP contribution in [0.15, 0.2) is 36.4 Å². The number of allylic oxidation sites excluding steroid dienone is 4. The van der Waals surface area contributed by atoms with E-state index >= 15 is 0 Å². The highest BCUT2D eigenvalue weighted by molar-refractivity contribution is 5.66. The zero-order chi connectivity index (χ0) is 16.9. The van der Waals surface area contributed by atoms with Crippen molar-refractivity contribution in [1.82, 2.24) is 0 Å². The van der Waals surface area contributed by atoms with E-state index in [1.165, 1.54) is 31.7 Å². The van der Waals surface area contributed by atoms with Crippen LogP contribution in [0.4, 0.5) is 8.78 Å². The van der Waals surface area contributed by atoms with Gasteiger partial charge in [-0.15, -0.1) is 0 Å². The van der Waals surface area contributed by atoms with Gasteiger partial charge >= 0.3 is 0 Å². The first-order chi connectivity index (χ1) is 11.7. The quantitative estimate of drug-likeness (QED) is 0.526. The number of halogens is 2. The number of benzene rings is 1. The van der Waals surface area contributed by atoms with Crippen molar-refractivity contribution in [1.29, 1.82) is 0 Å². The van der Waals surface area contributed by atoms with Gasteiger partial charge in [-0.05, 0) is 80.8 Å². The average Bonchev–Trinajstić information content (AvgIpc) is 2.63. The Kier molecular flexibility index (Phi) is 5.86. The summed E-state index contributed by atoms with van der Waals surface area (Å²) in [5.74, 6) is 0.879. The van der Waals surface area contributed by atoms with E-state index in [2.05, 4.69) is 25.2 Å². The van der Waals surface area contributed by atoms with Crippen molar-refractivity contribution in [3.63, 3.8) is 0 Å². The molecule has 0 heterocycles. The lowest BCUT2D eigenvalue weighted by atomic mass is 9.71. The fourth-order valence-electron chi connectivity index (χ4n) is 4.42. The average molecular weight is 330 g/mol. The van der Waals surface area contributed by atoms with Gasteiger partial charge in [0.2, 0.25) is 0 Å². The van der Waals surface area contributed by atoms with Crippen LogP contribution in [-0.2, 0) is 0 Å². The molecule has 1 atom stereocenters. The van der Waals surface area contributed by atoms with Crippen LogP contribution in [-0.4, -0.2) is 0 Å². The van der Waals surface area contributed by atoms with Gasteiger partial charge in [-0.2, -0.15) is 0 Å². The maximum Gasteiger partial charge on any atom is 0.166 e. The van der Waals surface area contributed by atoms with E-state index < -0.39 is 11.6 Å². The molecular formula is C22H28F2. The first kappa shape index (κ1) is 17.4. The Hall–Kier alpha value is -1.44. The molecule has 1 fully saturated rings. The summed E-state index contributed by atoms with van der Waals surface area (Å²) in [4.78, 5) is 0. The molecule has 1 unspecified atom stereocenters. The summed E-state index contributed by atoms with van der Waals surface area (Å²) in [6, 6.07) is 4.50. The maximum atomic E-state index is 14.0. The normalized spacial score (nSPS) is 28.1. The molecule has 0 aromatic heterocycles. The Bertz CT molecular complexity index is 606. The second-order valence-corrected chi connectivity index (χ2v) is 7.38. The first-order valence-corrected chi connectivity index (χ1v) is 9.49. The highest BCUT2D eigenvalue weighted by atomic mass is 19.2. The maximum absolute atomic E-state index is 14.0. The summed E-state index contributed by atoms with van der Waals surface area (Å²) in [6.07, 6.45) is 16.3. The van der Waals surface area contributed by atoms with Crippen LogP contribution in [0.3, 0.4) is 0 Å². The van der Waals surface area contributed by atoms with Gasteiger partial charge in [0.15, 0.2) is 11.6 Å². The van der Waals surface area contributed by atoms with Crippen molar-refractivity contribution in [3.8, 4) is 0 Å². The summed E-state index contributed by atoms with van der Waals surface area (Å²) in [5, 5.41) is 0. The van der Waals surface area contributed by atoms with Crippen molar-refractivity contribution < 1.29 is 8.78 Å². The Balaban J connectivity index is 1.58. The first-order valence-electron chi connectivity index (χ1n) is 9.49. The highest BCUT2D eigenvalue weighted by Crippen LogP contribution is 2.41. The van der Waals surface area contributed by atoms with Crippen LogP contribution in [0.25, 0.3) is 5.57 Å². The third kappa shape index (κ3) is 3.96. The lowest BCUT2D eigenvalue weighted by molar-refractivity contribution is 0.212. The van der Waals surface area contributed by atoms with Crippen molar-refractivity contribution >= 4 is 5.57 Å². The Morgan fingerprint density at radius 2 is 1.83 bits per heavy atom. The monoisotopic (exact) mass is 330 g/mol. The van der Waals surface area contributed by atoms with Crippen LogP contribution in [0, 0.1) is 29.4 Å². The Morgan fingerprint density at radius 3 is 2.50 bits per heavy atom. The van der Waals surface area contributed by atoms with E-state index in [1.807, 2.05) is 0 Å². The minimum atomic E-state index is -0.742. The van der Waals surface area contributed by atoms with E-state index in [1.54, 1.807) is 12.1 Å².